The molecule has 0 saturated carbocycles. The Morgan fingerprint density at radius 1 is 1.39 bits per heavy atom. The quantitative estimate of drug-likeness (QED) is 0.822. The van der Waals surface area contributed by atoms with Crippen LogP contribution in [0, 0.1) is 5.92 Å². The summed E-state index contributed by atoms with van der Waals surface area (Å²) >= 11 is 0. The third-order valence-electron chi connectivity index (χ3n) is 3.88. The highest BCUT2D eigenvalue weighted by Gasteiger charge is 2.15. The Hall–Kier alpha value is -1.25. The van der Waals surface area contributed by atoms with Gasteiger partial charge in [-0.1, -0.05) is 20.8 Å². The Balaban J connectivity index is 1.97. The number of rotatable bonds is 6. The molecule has 100 valence electrons. The number of nitrogens with one attached hydrogen (secondary N) is 1. The van der Waals surface area contributed by atoms with Crippen LogP contribution >= 0.6 is 0 Å². The lowest BCUT2D eigenvalue weighted by Gasteiger charge is -2.13. The van der Waals surface area contributed by atoms with E-state index in [1.165, 1.54) is 24.2 Å². The summed E-state index contributed by atoms with van der Waals surface area (Å²) in [6, 6.07) is 2.27. The molecule has 0 bridgehead atoms. The molecule has 2 rings (SSSR count). The molecule has 3 heteroatoms. The fourth-order valence-electron chi connectivity index (χ4n) is 2.72. The van der Waals surface area contributed by atoms with Crippen LogP contribution in [0.1, 0.15) is 45.1 Å². The summed E-state index contributed by atoms with van der Waals surface area (Å²) in [5.41, 5.74) is 1.48. The number of hydrogen-bond donors (Lipinski definition) is 1. The highest BCUT2D eigenvalue weighted by atomic mass is 15.1. The Labute approximate surface area is 110 Å². The van der Waals surface area contributed by atoms with E-state index < -0.39 is 0 Å². The molecular weight excluding hydrogens is 222 g/mol. The molecule has 2 heterocycles. The minimum Gasteiger partial charge on any atom is -0.372 e. The van der Waals surface area contributed by atoms with Gasteiger partial charge in [-0.2, -0.15) is 0 Å². The SMILES string of the molecule is CCC(CC)c1ccn(C[C@H](C)C2=NCCN2)c1. The molecule has 1 atom stereocenters. The minimum atomic E-state index is 0.481. The molecule has 0 amide bonds. The predicted molar refractivity (Wildman–Crippen MR) is 77.2 cm³/mol. The van der Waals surface area contributed by atoms with Gasteiger partial charge >= 0.3 is 0 Å². The summed E-state index contributed by atoms with van der Waals surface area (Å²) in [6.07, 6.45) is 6.97. The van der Waals surface area contributed by atoms with Gasteiger partial charge in [-0.3, -0.25) is 4.99 Å². The van der Waals surface area contributed by atoms with Gasteiger partial charge in [0.2, 0.25) is 0 Å². The second-order valence-electron chi connectivity index (χ2n) is 5.25. The van der Waals surface area contributed by atoms with E-state index in [4.69, 9.17) is 0 Å². The molecule has 1 aliphatic rings. The molecule has 3 nitrogen and oxygen atoms in total. The van der Waals surface area contributed by atoms with Crippen molar-refractivity contribution in [3.8, 4) is 0 Å². The monoisotopic (exact) mass is 247 g/mol. The summed E-state index contributed by atoms with van der Waals surface area (Å²) in [5, 5.41) is 3.37. The van der Waals surface area contributed by atoms with Crippen molar-refractivity contribution in [2.24, 2.45) is 10.9 Å². The first kappa shape index (κ1) is 13.2. The first-order valence-corrected chi connectivity index (χ1v) is 7.18. The van der Waals surface area contributed by atoms with Gasteiger partial charge in [-0.15, -0.1) is 0 Å². The fraction of sp³-hybridized carbons (Fsp3) is 0.667. The van der Waals surface area contributed by atoms with Crippen LogP contribution in [0.5, 0.6) is 0 Å². The smallest absolute Gasteiger partial charge is 0.101 e. The second-order valence-corrected chi connectivity index (χ2v) is 5.25. The molecule has 18 heavy (non-hydrogen) atoms. The molecule has 0 fully saturated rings. The average Bonchev–Trinajstić information content (AvgIpc) is 3.01. The summed E-state index contributed by atoms with van der Waals surface area (Å²) in [5.74, 6) is 2.37. The van der Waals surface area contributed by atoms with E-state index in [-0.39, 0.29) is 0 Å². The zero-order valence-corrected chi connectivity index (χ0v) is 11.8. The summed E-state index contributed by atoms with van der Waals surface area (Å²) in [7, 11) is 0. The number of aliphatic imine (C=N–C) groups is 1. The molecule has 0 saturated heterocycles. The Morgan fingerprint density at radius 3 is 2.78 bits per heavy atom. The fourth-order valence-corrected chi connectivity index (χ4v) is 2.72. The number of amidine groups is 1. The van der Waals surface area contributed by atoms with E-state index >= 15 is 0 Å². The van der Waals surface area contributed by atoms with Crippen LogP contribution in [-0.4, -0.2) is 23.5 Å². The van der Waals surface area contributed by atoms with Crippen molar-refractivity contribution < 1.29 is 0 Å². The lowest BCUT2D eigenvalue weighted by Crippen LogP contribution is -2.27. The van der Waals surface area contributed by atoms with Crippen molar-refractivity contribution in [1.82, 2.24) is 9.88 Å². The molecule has 1 N–H and O–H groups in total. The third-order valence-corrected chi connectivity index (χ3v) is 3.88. The Bertz CT molecular complexity index is 402. The first-order chi connectivity index (χ1) is 8.74. The minimum absolute atomic E-state index is 0.481. The second kappa shape index (κ2) is 6.07. The summed E-state index contributed by atoms with van der Waals surface area (Å²) < 4.78 is 2.31. The number of nitrogens with zero attached hydrogens (tertiary/aromatic N) is 2. The van der Waals surface area contributed by atoms with Crippen molar-refractivity contribution in [2.75, 3.05) is 13.1 Å². The van der Waals surface area contributed by atoms with Gasteiger partial charge in [0.05, 0.1) is 6.54 Å². The molecular formula is C15H25N3. The number of aromatic nitrogens is 1. The van der Waals surface area contributed by atoms with E-state index in [1.54, 1.807) is 0 Å². The van der Waals surface area contributed by atoms with Gasteiger partial charge in [0.15, 0.2) is 0 Å². The first-order valence-electron chi connectivity index (χ1n) is 7.18. The van der Waals surface area contributed by atoms with Crippen LogP contribution in [0.2, 0.25) is 0 Å². The maximum Gasteiger partial charge on any atom is 0.101 e. The molecule has 0 spiro atoms. The van der Waals surface area contributed by atoms with Crippen LogP contribution in [0.4, 0.5) is 0 Å². The maximum atomic E-state index is 4.50. The molecule has 0 radical (unpaired) electrons. The molecule has 1 aromatic rings. The van der Waals surface area contributed by atoms with Gasteiger partial charge in [0.1, 0.15) is 5.84 Å². The largest absolute Gasteiger partial charge is 0.372 e. The average molecular weight is 247 g/mol. The predicted octanol–water partition coefficient (Wildman–Crippen LogP) is 3.03. The highest BCUT2D eigenvalue weighted by molar-refractivity contribution is 5.85. The lowest BCUT2D eigenvalue weighted by molar-refractivity contribution is 0.583. The molecule has 0 aromatic carbocycles. The van der Waals surface area contributed by atoms with E-state index in [2.05, 4.69) is 54.1 Å². The van der Waals surface area contributed by atoms with Gasteiger partial charge < -0.3 is 9.88 Å². The topological polar surface area (TPSA) is 29.3 Å². The maximum absolute atomic E-state index is 4.50. The van der Waals surface area contributed by atoms with E-state index in [9.17, 15) is 0 Å². The molecule has 0 aliphatic carbocycles. The van der Waals surface area contributed by atoms with Crippen LogP contribution < -0.4 is 5.32 Å². The van der Waals surface area contributed by atoms with E-state index in [1.807, 2.05) is 0 Å². The highest BCUT2D eigenvalue weighted by Crippen LogP contribution is 2.23. The number of hydrogen-bond acceptors (Lipinski definition) is 2. The Kier molecular flexibility index (Phi) is 4.45. The summed E-state index contributed by atoms with van der Waals surface area (Å²) in [4.78, 5) is 4.50. The van der Waals surface area contributed by atoms with Crippen molar-refractivity contribution >= 4 is 5.84 Å². The van der Waals surface area contributed by atoms with Crippen LogP contribution in [0.25, 0.3) is 0 Å². The van der Waals surface area contributed by atoms with Crippen molar-refractivity contribution in [1.29, 1.82) is 0 Å². The van der Waals surface area contributed by atoms with Crippen molar-refractivity contribution in [3.05, 3.63) is 24.0 Å². The van der Waals surface area contributed by atoms with Crippen LogP contribution in [-0.2, 0) is 6.54 Å². The normalized spacial score (nSPS) is 16.8. The molecule has 0 unspecified atom stereocenters. The third kappa shape index (κ3) is 2.95. The molecule has 1 aliphatic heterocycles. The van der Waals surface area contributed by atoms with Gasteiger partial charge in [-0.05, 0) is 30.4 Å². The van der Waals surface area contributed by atoms with Gasteiger partial charge in [0, 0.05) is 31.4 Å². The van der Waals surface area contributed by atoms with Gasteiger partial charge in [0.25, 0.3) is 0 Å². The lowest BCUT2D eigenvalue weighted by atomic mass is 9.97. The zero-order chi connectivity index (χ0) is 13.0. The van der Waals surface area contributed by atoms with Gasteiger partial charge in [-0.25, -0.2) is 0 Å². The van der Waals surface area contributed by atoms with E-state index in [0.717, 1.165) is 19.6 Å². The van der Waals surface area contributed by atoms with E-state index in [0.29, 0.717) is 11.8 Å². The Morgan fingerprint density at radius 2 is 2.17 bits per heavy atom. The van der Waals surface area contributed by atoms with Crippen LogP contribution in [0.15, 0.2) is 23.5 Å². The van der Waals surface area contributed by atoms with Crippen molar-refractivity contribution in [3.63, 3.8) is 0 Å². The standard InChI is InChI=1S/C15H25N3/c1-4-13(5-2)14-6-9-18(11-14)10-12(3)15-16-7-8-17-15/h6,9,11-13H,4-5,7-8,10H2,1-3H3,(H,16,17)/t12-/m0/s1. The van der Waals surface area contributed by atoms with Crippen LogP contribution in [0.3, 0.4) is 0 Å². The summed E-state index contributed by atoms with van der Waals surface area (Å²) in [6.45, 7) is 9.74. The van der Waals surface area contributed by atoms with Crippen molar-refractivity contribution in [2.45, 2.75) is 46.1 Å². The molecule has 1 aromatic heterocycles. The zero-order valence-electron chi connectivity index (χ0n) is 11.8.